The third-order valence-corrected chi connectivity index (χ3v) is 4.86. The van der Waals surface area contributed by atoms with E-state index in [1.165, 1.54) is 0 Å². The Bertz CT molecular complexity index is 635. The Morgan fingerprint density at radius 2 is 1.73 bits per heavy atom. The third-order valence-electron chi connectivity index (χ3n) is 4.86. The molecule has 1 heterocycles. The van der Waals surface area contributed by atoms with Gasteiger partial charge in [-0.25, -0.2) is 0 Å². The summed E-state index contributed by atoms with van der Waals surface area (Å²) in [7, 11) is -0.474. The van der Waals surface area contributed by atoms with E-state index in [0.717, 1.165) is 22.2 Å². The first-order valence-corrected chi connectivity index (χ1v) is 7.35. The second-order valence-corrected chi connectivity index (χ2v) is 6.77. The van der Waals surface area contributed by atoms with Gasteiger partial charge in [-0.05, 0) is 69.2 Å². The molecule has 0 bridgehead atoms. The molecule has 2 rings (SSSR count). The average Bonchev–Trinajstić information content (AvgIpc) is 2.64. The topological polar surface area (TPSA) is 93.2 Å². The molecule has 0 atom stereocenters. The summed E-state index contributed by atoms with van der Waals surface area (Å²) in [6.45, 7) is 12.2. The fraction of sp³-hybridized carbons (Fsp3) is 0.600. The molecule has 2 N–H and O–H groups in total. The molecule has 0 spiro atoms. The van der Waals surface area contributed by atoms with Crippen LogP contribution in [0.2, 0.25) is 0 Å². The smallest absolute Gasteiger partial charge is 0.399 e. The van der Waals surface area contributed by atoms with Crippen molar-refractivity contribution in [3.8, 4) is 0 Å². The van der Waals surface area contributed by atoms with Crippen LogP contribution in [0.5, 0.6) is 0 Å². The van der Waals surface area contributed by atoms with Crippen molar-refractivity contribution in [2.45, 2.75) is 59.3 Å². The first kappa shape index (κ1) is 16.7. The van der Waals surface area contributed by atoms with Crippen molar-refractivity contribution in [2.24, 2.45) is 5.11 Å². The SMILES string of the molecule is Cc1c(CN=[N+]=[N-])cc(B2OC(C)(C)C(C)(C)O2)c(C)c1N. The molecular weight excluding hydrogens is 279 g/mol. The van der Waals surface area contributed by atoms with E-state index < -0.39 is 18.3 Å². The highest BCUT2D eigenvalue weighted by atomic mass is 16.7. The van der Waals surface area contributed by atoms with Crippen molar-refractivity contribution in [3.05, 3.63) is 33.2 Å². The van der Waals surface area contributed by atoms with Gasteiger partial charge in [0.25, 0.3) is 0 Å². The van der Waals surface area contributed by atoms with Crippen LogP contribution in [0.1, 0.15) is 44.4 Å². The molecule has 118 valence electrons. The van der Waals surface area contributed by atoms with Crippen LogP contribution in [0, 0.1) is 13.8 Å². The Morgan fingerprint density at radius 3 is 2.23 bits per heavy atom. The normalized spacial score (nSPS) is 19.1. The highest BCUT2D eigenvalue weighted by Gasteiger charge is 2.52. The molecule has 1 fully saturated rings. The first-order valence-electron chi connectivity index (χ1n) is 7.35. The lowest BCUT2D eigenvalue weighted by Crippen LogP contribution is -2.41. The molecule has 0 aromatic heterocycles. The molecule has 6 nitrogen and oxygen atoms in total. The van der Waals surface area contributed by atoms with Gasteiger partial charge >= 0.3 is 7.12 Å². The molecule has 0 aliphatic carbocycles. The summed E-state index contributed by atoms with van der Waals surface area (Å²) in [5.41, 5.74) is 18.3. The molecular formula is C15H23BN4O2. The van der Waals surface area contributed by atoms with Gasteiger partial charge in [0.2, 0.25) is 0 Å². The van der Waals surface area contributed by atoms with E-state index in [4.69, 9.17) is 20.6 Å². The summed E-state index contributed by atoms with van der Waals surface area (Å²) >= 11 is 0. The number of rotatable bonds is 3. The molecule has 1 aliphatic rings. The minimum atomic E-state index is -0.474. The number of nitrogen functional groups attached to an aromatic ring is 1. The Labute approximate surface area is 131 Å². The summed E-state index contributed by atoms with van der Waals surface area (Å²) in [4.78, 5) is 2.82. The van der Waals surface area contributed by atoms with Crippen LogP contribution in [-0.4, -0.2) is 18.3 Å². The van der Waals surface area contributed by atoms with Gasteiger partial charge in [-0.3, -0.25) is 0 Å². The van der Waals surface area contributed by atoms with Crippen LogP contribution in [0.3, 0.4) is 0 Å². The molecule has 0 amide bonds. The first-order chi connectivity index (χ1) is 10.1. The van der Waals surface area contributed by atoms with Crippen LogP contribution in [0.4, 0.5) is 5.69 Å². The number of hydrogen-bond acceptors (Lipinski definition) is 4. The maximum Gasteiger partial charge on any atom is 0.495 e. The van der Waals surface area contributed by atoms with Gasteiger partial charge in [-0.15, -0.1) is 0 Å². The Hall–Kier alpha value is -1.69. The summed E-state index contributed by atoms with van der Waals surface area (Å²) in [5, 5.41) is 3.64. The van der Waals surface area contributed by atoms with Gasteiger partial charge in [0.05, 0.1) is 17.7 Å². The van der Waals surface area contributed by atoms with E-state index in [0.29, 0.717) is 5.69 Å². The van der Waals surface area contributed by atoms with Crippen molar-refractivity contribution in [3.63, 3.8) is 0 Å². The lowest BCUT2D eigenvalue weighted by molar-refractivity contribution is 0.00578. The van der Waals surface area contributed by atoms with Gasteiger partial charge in [0.15, 0.2) is 0 Å². The average molecular weight is 302 g/mol. The maximum atomic E-state index is 8.54. The van der Waals surface area contributed by atoms with Gasteiger partial charge in [-0.1, -0.05) is 11.2 Å². The van der Waals surface area contributed by atoms with E-state index in [1.807, 2.05) is 47.6 Å². The molecule has 1 saturated heterocycles. The van der Waals surface area contributed by atoms with Gasteiger partial charge < -0.3 is 15.0 Å². The summed E-state index contributed by atoms with van der Waals surface area (Å²) in [6.07, 6.45) is 0. The Kier molecular flexibility index (Phi) is 4.17. The lowest BCUT2D eigenvalue weighted by atomic mass is 9.74. The zero-order valence-corrected chi connectivity index (χ0v) is 14.1. The van der Waals surface area contributed by atoms with Crippen molar-refractivity contribution < 1.29 is 9.31 Å². The second-order valence-electron chi connectivity index (χ2n) is 6.77. The molecule has 1 aromatic carbocycles. The number of benzene rings is 1. The minimum absolute atomic E-state index is 0.263. The zero-order chi connectivity index (χ0) is 16.7. The number of anilines is 1. The molecule has 0 unspecified atom stereocenters. The van der Waals surface area contributed by atoms with Gasteiger partial charge in [0, 0.05) is 10.6 Å². The Balaban J connectivity index is 2.48. The van der Waals surface area contributed by atoms with Crippen molar-refractivity contribution in [1.29, 1.82) is 0 Å². The zero-order valence-electron chi connectivity index (χ0n) is 14.1. The predicted octanol–water partition coefficient (Wildman–Crippen LogP) is 3.00. The second kappa shape index (κ2) is 5.50. The highest BCUT2D eigenvalue weighted by Crippen LogP contribution is 2.37. The predicted molar refractivity (Wildman–Crippen MR) is 88.9 cm³/mol. The van der Waals surface area contributed by atoms with E-state index in [9.17, 15) is 0 Å². The molecule has 22 heavy (non-hydrogen) atoms. The van der Waals surface area contributed by atoms with Crippen LogP contribution < -0.4 is 11.2 Å². The standard InChI is InChI=1S/C15H23BN4O2/c1-9-11(8-19-20-18)7-12(10(2)13(9)17)16-21-14(3,4)15(5,6)22-16/h7H,8,17H2,1-6H3. The van der Waals surface area contributed by atoms with Gasteiger partial charge in [-0.2, -0.15) is 0 Å². The molecule has 0 saturated carbocycles. The van der Waals surface area contributed by atoms with Crippen molar-refractivity contribution in [2.75, 3.05) is 5.73 Å². The fourth-order valence-electron chi connectivity index (χ4n) is 2.50. The van der Waals surface area contributed by atoms with Crippen molar-refractivity contribution >= 4 is 18.3 Å². The summed E-state index contributed by atoms with van der Waals surface area (Å²) < 4.78 is 12.2. The molecule has 1 aromatic rings. The van der Waals surface area contributed by atoms with Crippen LogP contribution in [0.25, 0.3) is 10.4 Å². The van der Waals surface area contributed by atoms with E-state index in [2.05, 4.69) is 10.0 Å². The van der Waals surface area contributed by atoms with E-state index in [-0.39, 0.29) is 6.54 Å². The highest BCUT2D eigenvalue weighted by molar-refractivity contribution is 6.62. The monoisotopic (exact) mass is 302 g/mol. The fourth-order valence-corrected chi connectivity index (χ4v) is 2.50. The lowest BCUT2D eigenvalue weighted by Gasteiger charge is -2.32. The van der Waals surface area contributed by atoms with Crippen LogP contribution in [0.15, 0.2) is 11.2 Å². The number of nitrogens with zero attached hydrogens (tertiary/aromatic N) is 3. The van der Waals surface area contributed by atoms with Crippen LogP contribution in [-0.2, 0) is 15.9 Å². The summed E-state index contributed by atoms with van der Waals surface area (Å²) in [5.74, 6) is 0. The molecule has 0 radical (unpaired) electrons. The molecule has 1 aliphatic heterocycles. The van der Waals surface area contributed by atoms with Crippen LogP contribution >= 0.6 is 0 Å². The maximum absolute atomic E-state index is 8.54. The number of nitrogens with two attached hydrogens (primary N) is 1. The Morgan fingerprint density at radius 1 is 1.18 bits per heavy atom. The molecule has 7 heteroatoms. The quantitative estimate of drug-likeness (QED) is 0.306. The van der Waals surface area contributed by atoms with E-state index in [1.54, 1.807) is 0 Å². The van der Waals surface area contributed by atoms with Gasteiger partial charge in [0.1, 0.15) is 0 Å². The minimum Gasteiger partial charge on any atom is -0.399 e. The third kappa shape index (κ3) is 2.67. The number of hydrogen-bond donors (Lipinski definition) is 1. The largest absolute Gasteiger partial charge is 0.495 e. The number of azide groups is 1. The summed E-state index contributed by atoms with van der Waals surface area (Å²) in [6, 6.07) is 1.97. The van der Waals surface area contributed by atoms with E-state index >= 15 is 0 Å². The van der Waals surface area contributed by atoms with Crippen molar-refractivity contribution in [1.82, 2.24) is 0 Å².